The first kappa shape index (κ1) is 20.7. The van der Waals surface area contributed by atoms with Gasteiger partial charge >= 0.3 is 0 Å². The number of hydrogen-bond donors (Lipinski definition) is 1. The van der Waals surface area contributed by atoms with Crippen LogP contribution in [0.1, 0.15) is 31.2 Å². The monoisotopic (exact) mass is 446 g/mol. The predicted octanol–water partition coefficient (Wildman–Crippen LogP) is 0.358. The summed E-state index contributed by atoms with van der Waals surface area (Å²) in [4.78, 5) is 2.09. The smallest absolute Gasteiger partial charge is 0.279 e. The minimum atomic E-state index is -1.17. The van der Waals surface area contributed by atoms with E-state index < -0.39 is 5.72 Å². The first-order valence-electron chi connectivity index (χ1n) is 9.58. The van der Waals surface area contributed by atoms with E-state index in [2.05, 4.69) is 9.48 Å². The molecule has 2 aliphatic heterocycles. The van der Waals surface area contributed by atoms with Gasteiger partial charge in [-0.3, -0.25) is 4.58 Å². The Balaban J connectivity index is 0.00000225. The molecule has 0 amide bonds. The Morgan fingerprint density at radius 2 is 1.71 bits per heavy atom. The third-order valence-electron chi connectivity index (χ3n) is 5.60. The number of methoxy groups -OCH3 is 2. The van der Waals surface area contributed by atoms with Crippen LogP contribution in [0.15, 0.2) is 48.5 Å². The molecule has 2 heterocycles. The van der Waals surface area contributed by atoms with Crippen molar-refractivity contribution in [3.05, 3.63) is 54.1 Å². The molecule has 2 aliphatic rings. The summed E-state index contributed by atoms with van der Waals surface area (Å²) >= 11 is 0. The molecule has 0 spiro atoms. The zero-order valence-electron chi connectivity index (χ0n) is 16.4. The van der Waals surface area contributed by atoms with Gasteiger partial charge in [0.15, 0.2) is 6.54 Å². The fraction of sp³-hybridized carbons (Fsp3) is 0.409. The number of aliphatic hydroxyl groups is 1. The van der Waals surface area contributed by atoms with Crippen molar-refractivity contribution in [2.45, 2.75) is 31.4 Å². The molecule has 2 aromatic carbocycles. The molecular weight excluding hydrogens is 420 g/mol. The van der Waals surface area contributed by atoms with Crippen molar-refractivity contribution in [3.63, 3.8) is 0 Å². The number of ether oxygens (including phenoxy) is 2. The van der Waals surface area contributed by atoms with Crippen molar-refractivity contribution >= 4 is 11.5 Å². The third kappa shape index (κ3) is 3.51. The molecule has 2 aromatic rings. The van der Waals surface area contributed by atoms with Crippen LogP contribution in [0.4, 0.5) is 5.69 Å². The highest BCUT2D eigenvalue weighted by Gasteiger charge is 2.55. The van der Waals surface area contributed by atoms with Gasteiger partial charge in [-0.25, -0.2) is 0 Å². The Morgan fingerprint density at radius 3 is 2.43 bits per heavy atom. The van der Waals surface area contributed by atoms with E-state index in [0.717, 1.165) is 42.8 Å². The molecule has 6 heteroatoms. The molecule has 0 aromatic heterocycles. The summed E-state index contributed by atoms with van der Waals surface area (Å²) in [7, 11) is 3.32. The highest BCUT2D eigenvalue weighted by molar-refractivity contribution is 5.97. The van der Waals surface area contributed by atoms with Crippen molar-refractivity contribution < 1.29 is 36.1 Å². The molecule has 5 nitrogen and oxygen atoms in total. The topological polar surface area (TPSA) is 44.9 Å². The Bertz CT molecular complexity index is 853. The first-order chi connectivity index (χ1) is 13.2. The van der Waals surface area contributed by atoms with Gasteiger partial charge in [0.1, 0.15) is 17.2 Å². The summed E-state index contributed by atoms with van der Waals surface area (Å²) in [6.45, 7) is 1.51. The number of anilines is 1. The zero-order chi connectivity index (χ0) is 18.9. The number of halogens is 1. The van der Waals surface area contributed by atoms with E-state index in [0.29, 0.717) is 12.3 Å². The van der Waals surface area contributed by atoms with Crippen molar-refractivity contribution in [1.82, 2.24) is 0 Å². The molecule has 1 unspecified atom stereocenters. The van der Waals surface area contributed by atoms with E-state index >= 15 is 0 Å². The van der Waals surface area contributed by atoms with E-state index in [1.807, 2.05) is 48.5 Å². The average molecular weight is 447 g/mol. The third-order valence-corrected chi connectivity index (χ3v) is 5.60. The van der Waals surface area contributed by atoms with Crippen LogP contribution in [0.5, 0.6) is 11.5 Å². The molecule has 0 aliphatic carbocycles. The van der Waals surface area contributed by atoms with Crippen molar-refractivity contribution in [2.24, 2.45) is 0 Å². The minimum absolute atomic E-state index is 0. The number of amidine groups is 1. The van der Waals surface area contributed by atoms with Crippen LogP contribution in [0.25, 0.3) is 0 Å². The van der Waals surface area contributed by atoms with Gasteiger partial charge in [0, 0.05) is 6.42 Å². The summed E-state index contributed by atoms with van der Waals surface area (Å²) < 4.78 is 13.2. The molecule has 1 N–H and O–H groups in total. The second kappa shape index (κ2) is 8.53. The number of benzene rings is 2. The molecular formula is C22H27BrN2O3. The average Bonchev–Trinajstić information content (AvgIpc) is 2.84. The lowest BCUT2D eigenvalue weighted by Crippen LogP contribution is -3.00. The van der Waals surface area contributed by atoms with Crippen LogP contribution in [0.2, 0.25) is 0 Å². The normalized spacial score (nSPS) is 21.6. The molecule has 4 rings (SSSR count). The van der Waals surface area contributed by atoms with E-state index in [4.69, 9.17) is 9.47 Å². The first-order valence-corrected chi connectivity index (χ1v) is 9.58. The largest absolute Gasteiger partial charge is 1.00 e. The zero-order valence-corrected chi connectivity index (χ0v) is 18.0. The molecule has 0 saturated carbocycles. The second-order valence-electron chi connectivity index (χ2n) is 7.20. The van der Waals surface area contributed by atoms with Crippen LogP contribution >= 0.6 is 0 Å². The van der Waals surface area contributed by atoms with Gasteiger partial charge in [-0.1, -0.05) is 12.1 Å². The Hall–Kier alpha value is -2.05. The van der Waals surface area contributed by atoms with Crippen LogP contribution in [-0.2, 0) is 5.72 Å². The molecule has 0 saturated heterocycles. The molecule has 0 radical (unpaired) electrons. The Morgan fingerprint density at radius 1 is 0.964 bits per heavy atom. The fourth-order valence-electron chi connectivity index (χ4n) is 4.30. The Labute approximate surface area is 177 Å². The lowest BCUT2D eigenvalue weighted by molar-refractivity contribution is -0.534. The van der Waals surface area contributed by atoms with Crippen LogP contribution in [0, 0.1) is 0 Å². The van der Waals surface area contributed by atoms with E-state index in [-0.39, 0.29) is 17.0 Å². The van der Waals surface area contributed by atoms with Crippen molar-refractivity contribution in [1.29, 1.82) is 0 Å². The van der Waals surface area contributed by atoms with Gasteiger partial charge in [0.05, 0.1) is 26.3 Å². The van der Waals surface area contributed by atoms with Gasteiger partial charge < -0.3 is 31.6 Å². The number of nitrogens with zero attached hydrogens (tertiary/aromatic N) is 2. The van der Waals surface area contributed by atoms with Crippen LogP contribution < -0.4 is 31.4 Å². The number of rotatable bonds is 4. The van der Waals surface area contributed by atoms with Gasteiger partial charge in [-0.15, -0.1) is 0 Å². The van der Waals surface area contributed by atoms with Gasteiger partial charge in [-0.05, 0) is 55.7 Å². The van der Waals surface area contributed by atoms with E-state index in [1.165, 1.54) is 12.3 Å². The summed E-state index contributed by atoms with van der Waals surface area (Å²) in [6, 6.07) is 15.7. The summed E-state index contributed by atoms with van der Waals surface area (Å²) in [5, 5.41) is 12.0. The highest BCUT2D eigenvalue weighted by Crippen LogP contribution is 2.41. The molecule has 28 heavy (non-hydrogen) atoms. The Kier molecular flexibility index (Phi) is 6.30. The minimum Gasteiger partial charge on any atom is -1.00 e. The van der Waals surface area contributed by atoms with Gasteiger partial charge in [0.25, 0.3) is 11.6 Å². The lowest BCUT2D eigenvalue weighted by Gasteiger charge is -2.30. The SMILES string of the molecule is COc1ccc(N2C3=[N+](CCCCC3)CC2(O)c2ccccc2OC)cc1.[Br-]. The maximum Gasteiger partial charge on any atom is 0.279 e. The van der Waals surface area contributed by atoms with Gasteiger partial charge in [0.2, 0.25) is 0 Å². The molecule has 0 fully saturated rings. The highest BCUT2D eigenvalue weighted by atomic mass is 79.9. The van der Waals surface area contributed by atoms with Gasteiger partial charge in [-0.2, -0.15) is 4.90 Å². The van der Waals surface area contributed by atoms with Crippen LogP contribution in [-0.4, -0.2) is 42.8 Å². The number of hydrogen-bond acceptors (Lipinski definition) is 4. The quantitative estimate of drug-likeness (QED) is 0.688. The lowest BCUT2D eigenvalue weighted by atomic mass is 9.98. The molecule has 0 bridgehead atoms. The summed E-state index contributed by atoms with van der Waals surface area (Å²) in [5.74, 6) is 2.70. The van der Waals surface area contributed by atoms with E-state index in [9.17, 15) is 5.11 Å². The van der Waals surface area contributed by atoms with Crippen LogP contribution in [0.3, 0.4) is 0 Å². The number of para-hydroxylation sites is 1. The second-order valence-corrected chi connectivity index (χ2v) is 7.20. The maximum absolute atomic E-state index is 12.0. The summed E-state index contributed by atoms with van der Waals surface area (Å²) in [6.07, 6.45) is 4.48. The maximum atomic E-state index is 12.0. The summed E-state index contributed by atoms with van der Waals surface area (Å²) in [5.41, 5.74) is 0.584. The van der Waals surface area contributed by atoms with Crippen molar-refractivity contribution in [3.8, 4) is 11.5 Å². The molecule has 150 valence electrons. The fourth-order valence-corrected chi connectivity index (χ4v) is 4.30. The molecule has 1 atom stereocenters. The van der Waals surface area contributed by atoms with E-state index in [1.54, 1.807) is 14.2 Å². The predicted molar refractivity (Wildman–Crippen MR) is 106 cm³/mol. The standard InChI is InChI=1S/C22H27N2O3.BrH/c1-26-18-13-11-17(12-14-18)24-21-10-4-3-7-15-23(21)16-22(24,25)19-8-5-6-9-20(19)27-2;/h5-6,8-9,11-14,25H,3-4,7,10,15-16H2,1-2H3;1H/q+1;/p-1. The van der Waals surface area contributed by atoms with Crippen molar-refractivity contribution in [2.75, 3.05) is 32.2 Å².